The van der Waals surface area contributed by atoms with E-state index in [9.17, 15) is 9.59 Å². The van der Waals surface area contributed by atoms with E-state index in [1.54, 1.807) is 4.72 Å². The van der Waals surface area contributed by atoms with E-state index < -0.39 is 0 Å². The highest BCUT2D eigenvalue weighted by Gasteiger charge is 2.35. The second kappa shape index (κ2) is 9.17. The van der Waals surface area contributed by atoms with Crippen LogP contribution in [-0.4, -0.2) is 47.1 Å². The molecule has 0 bridgehead atoms. The van der Waals surface area contributed by atoms with Crippen molar-refractivity contribution in [1.29, 1.82) is 0 Å². The van der Waals surface area contributed by atoms with E-state index in [1.807, 2.05) is 43.4 Å². The number of aromatic nitrogens is 4. The summed E-state index contributed by atoms with van der Waals surface area (Å²) in [5.41, 5.74) is 3.22. The van der Waals surface area contributed by atoms with Crippen LogP contribution < -0.4 is 4.72 Å². The monoisotopic (exact) mass is 465 g/mol. The molecule has 0 unspecified atom stereocenters. The Kier molecular flexibility index (Phi) is 6.05. The number of carbonyl (C=O) groups excluding carboxylic acids is 2. The molecule has 8 nitrogen and oxygen atoms in total. The van der Waals surface area contributed by atoms with Gasteiger partial charge in [0.05, 0.1) is 16.6 Å². The number of hydrogen-bond donors (Lipinski definition) is 0. The number of anilines is 1. The van der Waals surface area contributed by atoms with E-state index in [0.29, 0.717) is 51.4 Å². The molecular weight excluding hydrogens is 440 g/mol. The van der Waals surface area contributed by atoms with Crippen molar-refractivity contribution in [1.82, 2.24) is 19.7 Å². The summed E-state index contributed by atoms with van der Waals surface area (Å²) < 4.78 is 9.05. The van der Waals surface area contributed by atoms with Gasteiger partial charge in [0.25, 0.3) is 0 Å². The molecule has 0 N–H and O–H groups in total. The van der Waals surface area contributed by atoms with Gasteiger partial charge < -0.3 is 13.8 Å². The lowest BCUT2D eigenvalue weighted by molar-refractivity contribution is 0.110. The van der Waals surface area contributed by atoms with E-state index in [2.05, 4.69) is 27.3 Å². The first-order chi connectivity index (χ1) is 17.0. The van der Waals surface area contributed by atoms with Gasteiger partial charge in [-0.1, -0.05) is 47.9 Å². The lowest BCUT2D eigenvalue weighted by Crippen LogP contribution is -2.37. The molecule has 1 aliphatic rings. The molecule has 35 heavy (non-hydrogen) atoms. The number of rotatable bonds is 9. The summed E-state index contributed by atoms with van der Waals surface area (Å²) >= 11 is 0. The minimum atomic E-state index is -0.115. The Bertz CT molecular complexity index is 1400. The SMILES string of the molecule is [B]N(B(C)Cc1ccccc1)c1ncnc2c1c(-c1noc(C3CC3)c1C=O)c(C=O)n2C(C)C. The van der Waals surface area contributed by atoms with Crippen molar-refractivity contribution in [2.45, 2.75) is 51.8 Å². The standard InChI is InChI=1S/C25H25B2N5O3/c1-15(2)31-19(13-34)20(22-18(12-33)23(35-30-22)17-9-10-17)21-24(31)28-14-29-25(21)32(26)27(3)11-16-7-5-4-6-8-16/h4-8,12-15,17H,9-11H2,1-3H3. The number of nitrogens with zero attached hydrogens (tertiary/aromatic N) is 5. The number of aldehydes is 2. The first-order valence-electron chi connectivity index (χ1n) is 11.8. The molecule has 1 saturated carbocycles. The second-order valence-corrected chi connectivity index (χ2v) is 9.38. The van der Waals surface area contributed by atoms with Crippen LogP contribution in [-0.2, 0) is 6.32 Å². The van der Waals surface area contributed by atoms with E-state index in [4.69, 9.17) is 12.5 Å². The molecule has 174 valence electrons. The smallest absolute Gasteiger partial charge is 0.242 e. The summed E-state index contributed by atoms with van der Waals surface area (Å²) in [5, 5.41) is 4.84. The van der Waals surface area contributed by atoms with Gasteiger partial charge in [-0.15, -0.1) is 0 Å². The minimum absolute atomic E-state index is 0.0864. The first-order valence-corrected chi connectivity index (χ1v) is 11.8. The molecule has 4 aromatic rings. The van der Waals surface area contributed by atoms with Gasteiger partial charge in [0.2, 0.25) is 14.8 Å². The highest BCUT2D eigenvalue weighted by Crippen LogP contribution is 2.46. The largest absolute Gasteiger partial charge is 0.453 e. The van der Waals surface area contributed by atoms with Crippen LogP contribution >= 0.6 is 0 Å². The molecule has 3 aromatic heterocycles. The summed E-state index contributed by atoms with van der Waals surface area (Å²) in [6.07, 6.45) is 5.57. The summed E-state index contributed by atoms with van der Waals surface area (Å²) in [6.45, 7) is 5.83. The van der Waals surface area contributed by atoms with Crippen molar-refractivity contribution in [2.75, 3.05) is 4.72 Å². The van der Waals surface area contributed by atoms with Crippen LogP contribution in [0.3, 0.4) is 0 Å². The van der Waals surface area contributed by atoms with E-state index in [0.717, 1.165) is 31.0 Å². The maximum Gasteiger partial charge on any atom is 0.242 e. The first kappa shape index (κ1) is 23.1. The van der Waals surface area contributed by atoms with Crippen molar-refractivity contribution in [3.8, 4) is 11.3 Å². The summed E-state index contributed by atoms with van der Waals surface area (Å²) in [7, 11) is 6.64. The van der Waals surface area contributed by atoms with E-state index in [-0.39, 0.29) is 18.8 Å². The quantitative estimate of drug-likeness (QED) is 0.266. The molecule has 0 aliphatic heterocycles. The molecular formula is C25H25B2N5O3. The topological polar surface area (TPSA) is 94.1 Å². The molecule has 1 fully saturated rings. The third-order valence-electron chi connectivity index (χ3n) is 6.58. The van der Waals surface area contributed by atoms with Crippen molar-refractivity contribution in [3.05, 3.63) is 59.2 Å². The van der Waals surface area contributed by atoms with Crippen molar-refractivity contribution in [2.24, 2.45) is 0 Å². The Morgan fingerprint density at radius 2 is 1.94 bits per heavy atom. The third-order valence-corrected chi connectivity index (χ3v) is 6.58. The number of hydrogen-bond acceptors (Lipinski definition) is 7. The molecule has 2 radical (unpaired) electrons. The Balaban J connectivity index is 1.72. The lowest BCUT2D eigenvalue weighted by atomic mass is 9.56. The number of carbonyl (C=O) groups is 2. The van der Waals surface area contributed by atoms with Crippen LogP contribution in [0.4, 0.5) is 5.82 Å². The van der Waals surface area contributed by atoms with Gasteiger partial charge in [-0.3, -0.25) is 9.59 Å². The molecule has 0 amide bonds. The molecule has 1 aromatic carbocycles. The van der Waals surface area contributed by atoms with Gasteiger partial charge in [0.15, 0.2) is 18.3 Å². The average Bonchev–Trinajstić information content (AvgIpc) is 3.53. The predicted molar refractivity (Wildman–Crippen MR) is 136 cm³/mol. The molecule has 10 heteroatoms. The molecule has 0 spiro atoms. The van der Waals surface area contributed by atoms with Crippen LogP contribution in [0.15, 0.2) is 41.2 Å². The third kappa shape index (κ3) is 3.96. The van der Waals surface area contributed by atoms with Gasteiger partial charge in [-0.25, -0.2) is 9.97 Å². The Morgan fingerprint density at radius 1 is 1.20 bits per heavy atom. The molecule has 0 atom stereocenters. The second-order valence-electron chi connectivity index (χ2n) is 9.38. The predicted octanol–water partition coefficient (Wildman–Crippen LogP) is 4.46. The fourth-order valence-electron chi connectivity index (χ4n) is 4.72. The zero-order chi connectivity index (χ0) is 24.7. The normalized spacial score (nSPS) is 13.4. The Morgan fingerprint density at radius 3 is 2.57 bits per heavy atom. The Labute approximate surface area is 205 Å². The van der Waals surface area contributed by atoms with E-state index in [1.165, 1.54) is 6.33 Å². The van der Waals surface area contributed by atoms with Gasteiger partial charge in [0.1, 0.15) is 23.5 Å². The van der Waals surface area contributed by atoms with Crippen LogP contribution in [0.2, 0.25) is 6.82 Å². The summed E-state index contributed by atoms with van der Waals surface area (Å²) in [5.74, 6) is 1.21. The lowest BCUT2D eigenvalue weighted by Gasteiger charge is -2.25. The minimum Gasteiger partial charge on any atom is -0.453 e. The maximum absolute atomic E-state index is 12.4. The van der Waals surface area contributed by atoms with Crippen LogP contribution in [0.1, 0.15) is 70.8 Å². The number of fused-ring (bicyclic) bond motifs is 1. The highest BCUT2D eigenvalue weighted by atomic mass is 16.5. The average molecular weight is 465 g/mol. The zero-order valence-electron chi connectivity index (χ0n) is 20.0. The molecule has 5 rings (SSSR count). The fraction of sp³-hybridized carbons (Fsp3) is 0.320. The van der Waals surface area contributed by atoms with Gasteiger partial charge in [-0.2, -0.15) is 0 Å². The van der Waals surface area contributed by atoms with Crippen LogP contribution in [0.25, 0.3) is 22.3 Å². The summed E-state index contributed by atoms with van der Waals surface area (Å²) in [6, 6.07) is 9.98. The maximum atomic E-state index is 12.4. The van der Waals surface area contributed by atoms with Crippen molar-refractivity contribution < 1.29 is 14.1 Å². The number of benzene rings is 1. The highest BCUT2D eigenvalue weighted by molar-refractivity contribution is 6.70. The van der Waals surface area contributed by atoms with Gasteiger partial charge >= 0.3 is 0 Å². The van der Waals surface area contributed by atoms with Crippen molar-refractivity contribution in [3.63, 3.8) is 0 Å². The van der Waals surface area contributed by atoms with Crippen molar-refractivity contribution >= 4 is 44.3 Å². The molecule has 1 aliphatic carbocycles. The molecule has 0 saturated heterocycles. The molecule has 3 heterocycles. The Hall–Kier alpha value is -3.68. The van der Waals surface area contributed by atoms with Gasteiger partial charge in [-0.05, 0) is 33.0 Å². The van der Waals surface area contributed by atoms with E-state index >= 15 is 0 Å². The van der Waals surface area contributed by atoms with Crippen LogP contribution in [0.5, 0.6) is 0 Å². The zero-order valence-corrected chi connectivity index (χ0v) is 20.0. The van der Waals surface area contributed by atoms with Crippen LogP contribution in [0, 0.1) is 0 Å². The van der Waals surface area contributed by atoms with Gasteiger partial charge in [0, 0.05) is 17.5 Å². The fourth-order valence-corrected chi connectivity index (χ4v) is 4.72. The summed E-state index contributed by atoms with van der Waals surface area (Å²) in [4.78, 5) is 33.6.